The van der Waals surface area contributed by atoms with Gasteiger partial charge in [-0.25, -0.2) is 15.0 Å². The maximum Gasteiger partial charge on any atom is 0.433 e. The minimum atomic E-state index is -4.72. The molecule has 9 nitrogen and oxygen atoms in total. The van der Waals surface area contributed by atoms with Gasteiger partial charge in [-0.05, 0) is 74.4 Å². The number of aromatic nitrogens is 4. The molecule has 0 spiro atoms. The lowest BCUT2D eigenvalue weighted by molar-refractivity contribution is -0.141. The molecule has 2 amide bonds. The first-order chi connectivity index (χ1) is 20.7. The van der Waals surface area contributed by atoms with Crippen molar-refractivity contribution in [2.24, 2.45) is 5.41 Å². The van der Waals surface area contributed by atoms with Crippen molar-refractivity contribution < 1.29 is 27.6 Å². The van der Waals surface area contributed by atoms with E-state index >= 15 is 0 Å². The number of nitrogens with one attached hydrogen (secondary N) is 1. The topological polar surface area (TPSA) is 110 Å². The molecular formula is C31H28ClF3N6O3. The molecule has 4 aromatic rings. The molecule has 0 bridgehead atoms. The van der Waals surface area contributed by atoms with E-state index in [-0.39, 0.29) is 34.7 Å². The highest BCUT2D eigenvalue weighted by molar-refractivity contribution is 6.33. The van der Waals surface area contributed by atoms with E-state index < -0.39 is 29.6 Å². The number of hydrogen-bond acceptors (Lipinski definition) is 6. The number of amides is 2. The zero-order valence-electron chi connectivity index (χ0n) is 24.3. The molecule has 1 saturated carbocycles. The van der Waals surface area contributed by atoms with Crippen molar-refractivity contribution >= 4 is 45.9 Å². The zero-order chi connectivity index (χ0) is 31.7. The van der Waals surface area contributed by atoms with Crippen molar-refractivity contribution in [3.8, 4) is 11.1 Å². The predicted molar refractivity (Wildman–Crippen MR) is 157 cm³/mol. The van der Waals surface area contributed by atoms with Crippen molar-refractivity contribution in [1.82, 2.24) is 24.4 Å². The van der Waals surface area contributed by atoms with Crippen molar-refractivity contribution in [2.75, 3.05) is 5.32 Å². The van der Waals surface area contributed by atoms with Crippen LogP contribution in [-0.4, -0.2) is 54.1 Å². The van der Waals surface area contributed by atoms with Crippen LogP contribution in [0.1, 0.15) is 54.1 Å². The molecule has 0 radical (unpaired) electrons. The Labute approximate surface area is 255 Å². The van der Waals surface area contributed by atoms with E-state index in [9.17, 15) is 27.6 Å². The molecule has 4 heterocycles. The van der Waals surface area contributed by atoms with Crippen molar-refractivity contribution in [1.29, 1.82) is 0 Å². The molecule has 3 atom stereocenters. The normalized spacial score (nSPS) is 21.0. The first-order valence-electron chi connectivity index (χ1n) is 14.0. The molecule has 44 heavy (non-hydrogen) atoms. The number of pyridine rings is 1. The van der Waals surface area contributed by atoms with Gasteiger partial charge in [0.1, 0.15) is 24.1 Å². The van der Waals surface area contributed by atoms with Crippen molar-refractivity contribution in [3.05, 3.63) is 70.5 Å². The third-order valence-corrected chi connectivity index (χ3v) is 8.87. The van der Waals surface area contributed by atoms with Crippen LogP contribution in [0.25, 0.3) is 22.0 Å². The zero-order valence-corrected chi connectivity index (χ0v) is 25.0. The van der Waals surface area contributed by atoms with Gasteiger partial charge in [-0.1, -0.05) is 18.5 Å². The molecule has 1 aliphatic heterocycles. The Morgan fingerprint density at radius 2 is 1.80 bits per heavy atom. The van der Waals surface area contributed by atoms with E-state index in [1.165, 1.54) is 11.8 Å². The van der Waals surface area contributed by atoms with Gasteiger partial charge in [0.05, 0.1) is 10.5 Å². The molecule has 1 aliphatic carbocycles. The SMILES string of the molecule is CC(=O)c1cn(CC(=O)N2C3C[C@]3(C)C[C@H]2C(=O)Nc2nc(C(F)(F)F)ccc2Cl)c2c(C)cc(-c3cnc(C)nc3)cc12. The average Bonchev–Trinajstić information content (AvgIpc) is 3.30. The minimum Gasteiger partial charge on any atom is -0.337 e. The summed E-state index contributed by atoms with van der Waals surface area (Å²) in [5.41, 5.74) is 2.12. The lowest BCUT2D eigenvalue weighted by Crippen LogP contribution is -2.46. The second kappa shape index (κ2) is 10.4. The van der Waals surface area contributed by atoms with Gasteiger partial charge in [-0.2, -0.15) is 13.2 Å². The summed E-state index contributed by atoms with van der Waals surface area (Å²) in [7, 11) is 0. The van der Waals surface area contributed by atoms with Gasteiger partial charge in [0.25, 0.3) is 0 Å². The number of nitrogens with zero attached hydrogens (tertiary/aromatic N) is 5. The van der Waals surface area contributed by atoms with E-state index in [4.69, 9.17) is 11.6 Å². The van der Waals surface area contributed by atoms with Crippen LogP contribution in [0, 0.1) is 19.3 Å². The molecule has 1 unspecified atom stereocenters. The van der Waals surface area contributed by atoms with Gasteiger partial charge < -0.3 is 14.8 Å². The fraction of sp³-hybridized carbons (Fsp3) is 0.355. The van der Waals surface area contributed by atoms with Gasteiger partial charge in [-0.15, -0.1) is 0 Å². The van der Waals surface area contributed by atoms with E-state index in [1.54, 1.807) is 30.1 Å². The number of likely N-dealkylation sites (tertiary alicyclic amines) is 1. The van der Waals surface area contributed by atoms with Gasteiger partial charge in [-0.3, -0.25) is 14.4 Å². The number of Topliss-reactive ketones (excluding diaryl/α,β-unsaturated/α-hetero) is 1. The minimum absolute atomic E-state index is 0.142. The molecule has 1 saturated heterocycles. The number of carbonyl (C=O) groups excluding carboxylic acids is 3. The number of alkyl halides is 3. The molecule has 2 aliphatic rings. The number of benzene rings is 1. The molecule has 2 fully saturated rings. The van der Waals surface area contributed by atoms with Gasteiger partial charge in [0.15, 0.2) is 11.6 Å². The molecular weight excluding hydrogens is 597 g/mol. The van der Waals surface area contributed by atoms with Crippen LogP contribution in [-0.2, 0) is 22.3 Å². The standard InChI is InChI=1S/C31H28ClF3N6O3/c1-15-7-18(19-11-36-17(3)37-12-19)8-20-21(16(2)42)13-40(27(15)20)14-26(43)41-23(9-30(4)10-25(30)41)29(44)39-28-22(32)5-6-24(38-28)31(33,34)35/h5-8,11-13,23,25H,9-10,14H2,1-4H3,(H,38,39,44)/t23-,25?,30-/m0/s1. The molecule has 13 heteroatoms. The number of carbonyl (C=O) groups is 3. The van der Waals surface area contributed by atoms with Crippen LogP contribution in [0.3, 0.4) is 0 Å². The van der Waals surface area contributed by atoms with Crippen molar-refractivity contribution in [3.63, 3.8) is 0 Å². The number of anilines is 1. The van der Waals surface area contributed by atoms with E-state index in [0.29, 0.717) is 35.1 Å². The van der Waals surface area contributed by atoms with E-state index in [0.717, 1.165) is 28.8 Å². The first kappa shape index (κ1) is 29.7. The highest BCUT2D eigenvalue weighted by atomic mass is 35.5. The fourth-order valence-corrected chi connectivity index (χ4v) is 6.40. The highest BCUT2D eigenvalue weighted by Crippen LogP contribution is 2.59. The summed E-state index contributed by atoms with van der Waals surface area (Å²) in [5.74, 6) is -0.963. The monoisotopic (exact) mass is 624 g/mol. The van der Waals surface area contributed by atoms with Crippen LogP contribution in [0.4, 0.5) is 19.0 Å². The fourth-order valence-electron chi connectivity index (χ4n) is 6.24. The predicted octanol–water partition coefficient (Wildman–Crippen LogP) is 6.00. The van der Waals surface area contributed by atoms with Crippen LogP contribution >= 0.6 is 11.6 Å². The summed E-state index contributed by atoms with van der Waals surface area (Å²) in [5, 5.41) is 2.94. The smallest absolute Gasteiger partial charge is 0.337 e. The van der Waals surface area contributed by atoms with Crippen LogP contribution < -0.4 is 5.32 Å². The maximum atomic E-state index is 13.9. The largest absolute Gasteiger partial charge is 0.433 e. The number of aryl methyl sites for hydroxylation is 2. The quantitative estimate of drug-likeness (QED) is 0.263. The highest BCUT2D eigenvalue weighted by Gasteiger charge is 2.64. The van der Waals surface area contributed by atoms with Gasteiger partial charge >= 0.3 is 6.18 Å². The van der Waals surface area contributed by atoms with Crippen LogP contribution in [0.2, 0.25) is 5.02 Å². The van der Waals surface area contributed by atoms with Gasteiger partial charge in [0, 0.05) is 41.1 Å². The lowest BCUT2D eigenvalue weighted by Gasteiger charge is -2.27. The Morgan fingerprint density at radius 3 is 2.45 bits per heavy atom. The summed E-state index contributed by atoms with van der Waals surface area (Å²) in [6.07, 6.45) is 1.40. The number of piperidine rings is 1. The Balaban J connectivity index is 1.30. The summed E-state index contributed by atoms with van der Waals surface area (Å²) in [4.78, 5) is 53.5. The van der Waals surface area contributed by atoms with Crippen LogP contribution in [0.15, 0.2) is 42.9 Å². The molecule has 1 aromatic carbocycles. The Hall–Kier alpha value is -4.32. The number of ketones is 1. The Bertz CT molecular complexity index is 1860. The third kappa shape index (κ3) is 5.21. The number of fused-ring (bicyclic) bond motifs is 2. The molecule has 3 aromatic heterocycles. The average molecular weight is 625 g/mol. The third-order valence-electron chi connectivity index (χ3n) is 8.57. The lowest BCUT2D eigenvalue weighted by atomic mass is 10.0. The Kier molecular flexibility index (Phi) is 7.03. The van der Waals surface area contributed by atoms with E-state index in [2.05, 4.69) is 20.3 Å². The summed E-state index contributed by atoms with van der Waals surface area (Å²) < 4.78 is 41.4. The molecule has 6 rings (SSSR count). The second-order valence-corrected chi connectivity index (χ2v) is 12.3. The number of hydrogen-bond donors (Lipinski definition) is 1. The number of halogens is 4. The molecule has 1 N–H and O–H groups in total. The molecule has 228 valence electrons. The number of rotatable bonds is 6. The van der Waals surface area contributed by atoms with Crippen molar-refractivity contribution in [2.45, 2.75) is 65.3 Å². The first-order valence-corrected chi connectivity index (χ1v) is 14.3. The summed E-state index contributed by atoms with van der Waals surface area (Å²) in [6.45, 7) is 6.97. The van der Waals surface area contributed by atoms with Crippen LogP contribution in [0.5, 0.6) is 0 Å². The van der Waals surface area contributed by atoms with E-state index in [1.807, 2.05) is 26.0 Å². The Morgan fingerprint density at radius 1 is 1.09 bits per heavy atom. The second-order valence-electron chi connectivity index (χ2n) is 11.8. The summed E-state index contributed by atoms with van der Waals surface area (Å²) in [6, 6.07) is 4.45. The maximum absolute atomic E-state index is 13.9. The summed E-state index contributed by atoms with van der Waals surface area (Å²) >= 11 is 6.06. The van der Waals surface area contributed by atoms with Gasteiger partial charge in [0.2, 0.25) is 11.8 Å².